The second-order valence-electron chi connectivity index (χ2n) is 8.52. The van der Waals surface area contributed by atoms with E-state index in [2.05, 4.69) is 41.2 Å². The third kappa shape index (κ3) is 5.88. The summed E-state index contributed by atoms with van der Waals surface area (Å²) in [6.07, 6.45) is 10.2. The summed E-state index contributed by atoms with van der Waals surface area (Å²) in [5.74, 6) is 1.35. The molecule has 3 atom stereocenters. The Hall–Kier alpha value is 0.209. The summed E-state index contributed by atoms with van der Waals surface area (Å²) < 4.78 is 5.34. The van der Waals surface area contributed by atoms with Gasteiger partial charge in [0, 0.05) is 0 Å². The Bertz CT molecular complexity index is 379. The molecule has 0 radical (unpaired) electrons. The fourth-order valence-corrected chi connectivity index (χ4v) is 25.1. The van der Waals surface area contributed by atoms with Gasteiger partial charge in [-0.05, 0) is 0 Å². The molecule has 0 aromatic heterocycles. The molecule has 0 aromatic rings. The maximum atomic E-state index is 12.8. The molecule has 1 fully saturated rings. The second kappa shape index (κ2) is 11.0. The van der Waals surface area contributed by atoms with Gasteiger partial charge in [0.05, 0.1) is 0 Å². The fourth-order valence-electron chi connectivity index (χ4n) is 4.92. The van der Waals surface area contributed by atoms with Crippen LogP contribution in [0, 0.1) is 11.8 Å². The number of hydrogen-bond donors (Lipinski definition) is 0. The first-order valence-corrected chi connectivity index (χ1v) is 18.3. The van der Waals surface area contributed by atoms with E-state index < -0.39 is 18.4 Å². The first kappa shape index (κ1) is 22.3. The molecule has 1 saturated carbocycles. The van der Waals surface area contributed by atoms with Crippen molar-refractivity contribution in [3.63, 3.8) is 0 Å². The van der Waals surface area contributed by atoms with Gasteiger partial charge in [-0.3, -0.25) is 0 Å². The predicted molar refractivity (Wildman–Crippen MR) is 110 cm³/mol. The molecule has 0 N–H and O–H groups in total. The van der Waals surface area contributed by atoms with Crippen LogP contribution >= 0.6 is 0 Å². The van der Waals surface area contributed by atoms with Gasteiger partial charge in [-0.1, -0.05) is 0 Å². The molecule has 1 rings (SSSR count). The molecule has 1 aliphatic carbocycles. The van der Waals surface area contributed by atoms with Crippen LogP contribution in [0.4, 0.5) is 0 Å². The van der Waals surface area contributed by atoms with Gasteiger partial charge in [-0.2, -0.15) is 0 Å². The van der Waals surface area contributed by atoms with Crippen molar-refractivity contribution in [1.82, 2.24) is 0 Å². The number of allylic oxidation sites excluding steroid dienone is 1. The van der Waals surface area contributed by atoms with Crippen LogP contribution in [0.3, 0.4) is 0 Å². The van der Waals surface area contributed by atoms with E-state index in [1.165, 1.54) is 63.8 Å². The van der Waals surface area contributed by atoms with Crippen molar-refractivity contribution in [2.24, 2.45) is 11.8 Å². The Morgan fingerprint density at radius 3 is 1.88 bits per heavy atom. The van der Waals surface area contributed by atoms with Gasteiger partial charge in [0.25, 0.3) is 0 Å². The van der Waals surface area contributed by atoms with Gasteiger partial charge >= 0.3 is 156 Å². The standard InChI is InChI=1S/C10H15O.3C4H9.Sn/c1-7(2)9-5-4-8(3)10(11)6-9;3*1-3-4-2;/h4,8-9H,1,5-6H2,2-3H3;3*1,3-4H2,2H3;/t8-,9-;;;;/m1..../s1. The molecule has 2 heteroatoms. The summed E-state index contributed by atoms with van der Waals surface area (Å²) in [5, 5.41) is 0. The van der Waals surface area contributed by atoms with Crippen molar-refractivity contribution in [3.05, 3.63) is 12.2 Å². The van der Waals surface area contributed by atoms with Crippen LogP contribution in [-0.4, -0.2) is 24.2 Å². The first-order chi connectivity index (χ1) is 11.4. The number of rotatable bonds is 11. The van der Waals surface area contributed by atoms with Crippen LogP contribution in [0.25, 0.3) is 0 Å². The zero-order valence-electron chi connectivity index (χ0n) is 17.1. The Labute approximate surface area is 155 Å². The van der Waals surface area contributed by atoms with Gasteiger partial charge < -0.3 is 0 Å². The quantitative estimate of drug-likeness (QED) is 0.241. The van der Waals surface area contributed by atoms with Crippen molar-refractivity contribution in [2.45, 2.75) is 103 Å². The Morgan fingerprint density at radius 1 is 1.04 bits per heavy atom. The Kier molecular flexibility index (Phi) is 10.2. The molecule has 0 spiro atoms. The van der Waals surface area contributed by atoms with Gasteiger partial charge in [-0.15, -0.1) is 0 Å². The van der Waals surface area contributed by atoms with E-state index in [1.54, 1.807) is 0 Å². The van der Waals surface area contributed by atoms with Crippen LogP contribution in [0.15, 0.2) is 12.2 Å². The summed E-state index contributed by atoms with van der Waals surface area (Å²) >= 11 is -2.33. The molecule has 0 aliphatic heterocycles. The summed E-state index contributed by atoms with van der Waals surface area (Å²) in [5.41, 5.74) is 1.25. The molecule has 24 heavy (non-hydrogen) atoms. The SMILES string of the molecule is C=C(C)[C@H]1CC(=O)[C@H](C)[C@H]([Sn]([CH2]CCC)([CH2]CCC)[CH2]CCC)C1. The molecule has 0 unspecified atom stereocenters. The van der Waals surface area contributed by atoms with Crippen molar-refractivity contribution in [2.75, 3.05) is 0 Å². The summed E-state index contributed by atoms with van der Waals surface area (Å²) in [6, 6.07) is 0. The topological polar surface area (TPSA) is 17.1 Å². The van der Waals surface area contributed by atoms with E-state index >= 15 is 0 Å². The van der Waals surface area contributed by atoms with E-state index in [0.29, 0.717) is 17.6 Å². The first-order valence-electron chi connectivity index (χ1n) is 10.6. The molecular weight excluding hydrogens is 399 g/mol. The fraction of sp³-hybridized carbons (Fsp3) is 0.864. The molecular formula is C22H42OSn. The van der Waals surface area contributed by atoms with Gasteiger partial charge in [0.15, 0.2) is 0 Å². The molecule has 140 valence electrons. The van der Waals surface area contributed by atoms with Crippen molar-refractivity contribution in [1.29, 1.82) is 0 Å². The number of Topliss-reactive ketones (excluding diaryl/α,β-unsaturated/α-hetero) is 1. The van der Waals surface area contributed by atoms with Crippen molar-refractivity contribution >= 4 is 24.2 Å². The monoisotopic (exact) mass is 442 g/mol. The molecule has 0 saturated heterocycles. The van der Waals surface area contributed by atoms with Gasteiger partial charge in [0.2, 0.25) is 0 Å². The summed E-state index contributed by atoms with van der Waals surface area (Å²) in [6.45, 7) is 15.6. The average molecular weight is 441 g/mol. The average Bonchev–Trinajstić information content (AvgIpc) is 2.57. The number of ketones is 1. The minimum absolute atomic E-state index is 0.335. The minimum atomic E-state index is -2.33. The summed E-state index contributed by atoms with van der Waals surface area (Å²) in [7, 11) is 0. The number of carbonyl (C=O) groups excluding carboxylic acids is 1. The molecule has 0 heterocycles. The van der Waals surface area contributed by atoms with E-state index in [9.17, 15) is 4.79 Å². The van der Waals surface area contributed by atoms with E-state index in [1.807, 2.05) is 0 Å². The Morgan fingerprint density at radius 2 is 1.50 bits per heavy atom. The Balaban J connectivity index is 3.14. The number of unbranched alkanes of at least 4 members (excludes halogenated alkanes) is 3. The van der Waals surface area contributed by atoms with Crippen LogP contribution in [0.2, 0.25) is 17.2 Å². The number of carbonyl (C=O) groups is 1. The molecule has 0 amide bonds. The van der Waals surface area contributed by atoms with Crippen LogP contribution in [-0.2, 0) is 4.79 Å². The molecule has 1 aliphatic rings. The van der Waals surface area contributed by atoms with E-state index in [0.717, 1.165) is 10.4 Å². The predicted octanol–water partition coefficient (Wildman–Crippen LogP) is 7.40. The molecule has 0 aromatic carbocycles. The third-order valence-corrected chi connectivity index (χ3v) is 24.8. The van der Waals surface area contributed by atoms with Crippen LogP contribution < -0.4 is 0 Å². The van der Waals surface area contributed by atoms with Crippen LogP contribution in [0.1, 0.15) is 86.0 Å². The molecule has 0 bridgehead atoms. The van der Waals surface area contributed by atoms with Crippen molar-refractivity contribution < 1.29 is 4.79 Å². The van der Waals surface area contributed by atoms with Crippen molar-refractivity contribution in [3.8, 4) is 0 Å². The number of hydrogen-bond acceptors (Lipinski definition) is 1. The molecule has 1 nitrogen and oxygen atoms in total. The van der Waals surface area contributed by atoms with Crippen LogP contribution in [0.5, 0.6) is 0 Å². The zero-order valence-corrected chi connectivity index (χ0v) is 20.0. The normalized spacial score (nSPS) is 25.0. The van der Waals surface area contributed by atoms with Gasteiger partial charge in [-0.25, -0.2) is 0 Å². The zero-order chi connectivity index (χ0) is 18.2. The van der Waals surface area contributed by atoms with E-state index in [-0.39, 0.29) is 0 Å². The van der Waals surface area contributed by atoms with Gasteiger partial charge in [0.1, 0.15) is 0 Å². The third-order valence-electron chi connectivity index (χ3n) is 6.67. The van der Waals surface area contributed by atoms with E-state index in [4.69, 9.17) is 0 Å². The maximum absolute atomic E-state index is 12.8. The summed E-state index contributed by atoms with van der Waals surface area (Å²) in [4.78, 5) is 12.8. The second-order valence-corrected chi connectivity index (χ2v) is 22.7.